The van der Waals surface area contributed by atoms with E-state index in [1.807, 2.05) is 27.4 Å². The molecular weight excluding hydrogens is 498 g/mol. The number of hydrogen-bond acceptors (Lipinski definition) is 7. The molecule has 1 fully saturated rings. The molecule has 5 aromatic rings. The minimum atomic E-state index is -2.35. The lowest BCUT2D eigenvalue weighted by Gasteiger charge is -2.41. The molecule has 0 aliphatic carbocycles. The second-order valence-electron chi connectivity index (χ2n) is 10.1. The normalized spacial score (nSPS) is 16.8. The Bertz CT molecular complexity index is 1550. The van der Waals surface area contributed by atoms with E-state index in [0.29, 0.717) is 17.3 Å². The van der Waals surface area contributed by atoms with Gasteiger partial charge >= 0.3 is 0 Å². The number of unbranched alkanes of at least 4 members (excludes halogenated alkanes) is 1. The molecule has 38 heavy (non-hydrogen) atoms. The van der Waals surface area contributed by atoms with Gasteiger partial charge in [-0.3, -0.25) is 13.8 Å². The van der Waals surface area contributed by atoms with Crippen molar-refractivity contribution in [2.75, 3.05) is 36.9 Å². The molecule has 198 valence electrons. The highest BCUT2D eigenvalue weighted by Gasteiger charge is 2.22. The lowest BCUT2D eigenvalue weighted by Crippen LogP contribution is -2.38. The number of anilines is 1. The summed E-state index contributed by atoms with van der Waals surface area (Å²) in [6.07, 6.45) is 6.50. The summed E-state index contributed by atoms with van der Waals surface area (Å²) < 4.78 is 23.6. The fourth-order valence-electron chi connectivity index (χ4n) is 5.25. The van der Waals surface area contributed by atoms with Crippen LogP contribution in [0.15, 0.2) is 67.1 Å². The number of hydrogen-bond donors (Lipinski definition) is 3. The molecule has 0 spiro atoms. The van der Waals surface area contributed by atoms with Crippen LogP contribution >= 0.6 is 10.6 Å². The van der Waals surface area contributed by atoms with Crippen LogP contribution in [0, 0.1) is 0 Å². The number of rotatable bonds is 8. The highest BCUT2D eigenvalue weighted by atomic mass is 32.3. The summed E-state index contributed by atoms with van der Waals surface area (Å²) in [6.45, 7) is 3.21. The maximum atomic E-state index is 9.83. The maximum absolute atomic E-state index is 9.83. The number of nitrogens with zero attached hydrogens (tertiary/aromatic N) is 6. The first-order valence-electron chi connectivity index (χ1n) is 13.0. The Kier molecular flexibility index (Phi) is 6.79. The Balaban J connectivity index is 1.21. The number of aromatic nitrogens is 5. The van der Waals surface area contributed by atoms with E-state index in [1.54, 1.807) is 0 Å². The number of nitrogen functional groups attached to an aromatic ring is 1. The molecule has 10 heteroatoms. The monoisotopic (exact) mass is 531 g/mol. The van der Waals surface area contributed by atoms with Crippen LogP contribution in [0.5, 0.6) is 0 Å². The predicted octanol–water partition coefficient (Wildman–Crippen LogP) is 4.77. The van der Waals surface area contributed by atoms with Crippen molar-refractivity contribution in [3.63, 3.8) is 0 Å². The summed E-state index contributed by atoms with van der Waals surface area (Å²) in [4.78, 5) is 6.60. The molecule has 1 aliphatic heterocycles. The Morgan fingerprint density at radius 2 is 1.79 bits per heavy atom. The average Bonchev–Trinajstić information content (AvgIpc) is 3.49. The number of fused-ring (bicyclic) bond motifs is 2. The van der Waals surface area contributed by atoms with Crippen molar-refractivity contribution in [3.8, 4) is 11.1 Å². The summed E-state index contributed by atoms with van der Waals surface area (Å²) in [5.74, 6) is 1.44. The van der Waals surface area contributed by atoms with Gasteiger partial charge < -0.3 is 10.6 Å². The molecule has 0 saturated carbocycles. The standard InChI is InChI=1S/C28H33N7O2S/c29-28-27-25(22-9-10-23-19-34(32-26(23)16-22)18-21-6-2-1-3-7-21)17-24(35(27)31-20-30-28)8-4-5-11-33-12-14-38(36,37)15-13-33/h1-3,6-7,9-10,16-17,19-20,36-37H,4-5,8,11-15,18H2,(H2,29,30,31). The van der Waals surface area contributed by atoms with Gasteiger partial charge in [-0.05, 0) is 49.1 Å². The third-order valence-electron chi connectivity index (χ3n) is 7.34. The van der Waals surface area contributed by atoms with Gasteiger partial charge in [-0.25, -0.2) is 9.50 Å². The molecule has 4 heterocycles. The molecule has 2 aromatic carbocycles. The predicted molar refractivity (Wildman–Crippen MR) is 154 cm³/mol. The van der Waals surface area contributed by atoms with Crippen LogP contribution in [0.4, 0.5) is 5.82 Å². The largest absolute Gasteiger partial charge is 0.382 e. The van der Waals surface area contributed by atoms with E-state index >= 15 is 0 Å². The molecular formula is C28H33N7O2S. The lowest BCUT2D eigenvalue weighted by molar-refractivity contribution is 0.280. The second-order valence-corrected chi connectivity index (χ2v) is 12.5. The first-order chi connectivity index (χ1) is 18.4. The first-order valence-corrected chi connectivity index (χ1v) is 14.9. The number of benzene rings is 2. The third-order valence-corrected chi connectivity index (χ3v) is 9.01. The van der Waals surface area contributed by atoms with E-state index in [0.717, 1.165) is 78.7 Å². The van der Waals surface area contributed by atoms with E-state index < -0.39 is 10.6 Å². The Labute approximate surface area is 223 Å². The van der Waals surface area contributed by atoms with Gasteiger partial charge in [-0.15, -0.1) is 0 Å². The van der Waals surface area contributed by atoms with E-state index in [-0.39, 0.29) is 0 Å². The van der Waals surface area contributed by atoms with Gasteiger partial charge in [0.25, 0.3) is 0 Å². The van der Waals surface area contributed by atoms with Crippen LogP contribution < -0.4 is 5.73 Å². The quantitative estimate of drug-likeness (QED) is 0.247. The summed E-state index contributed by atoms with van der Waals surface area (Å²) in [6, 6.07) is 18.8. The molecule has 3 aromatic heterocycles. The van der Waals surface area contributed by atoms with E-state index in [4.69, 9.17) is 10.8 Å². The van der Waals surface area contributed by atoms with Crippen LogP contribution in [0.1, 0.15) is 24.1 Å². The smallest absolute Gasteiger partial charge is 0.151 e. The Hall–Kier alpha value is -3.44. The molecule has 0 atom stereocenters. The molecule has 1 saturated heterocycles. The van der Waals surface area contributed by atoms with Crippen molar-refractivity contribution in [2.45, 2.75) is 25.8 Å². The highest BCUT2D eigenvalue weighted by Crippen LogP contribution is 2.40. The summed E-state index contributed by atoms with van der Waals surface area (Å²) in [7, 11) is -2.35. The van der Waals surface area contributed by atoms with E-state index in [2.05, 4.69) is 57.6 Å². The Morgan fingerprint density at radius 3 is 2.61 bits per heavy atom. The molecule has 9 nitrogen and oxygen atoms in total. The van der Waals surface area contributed by atoms with Crippen LogP contribution in [0.2, 0.25) is 0 Å². The zero-order chi connectivity index (χ0) is 26.1. The van der Waals surface area contributed by atoms with Crippen molar-refractivity contribution < 1.29 is 9.11 Å². The van der Waals surface area contributed by atoms with Crippen molar-refractivity contribution in [3.05, 3.63) is 78.4 Å². The van der Waals surface area contributed by atoms with Crippen molar-refractivity contribution in [1.29, 1.82) is 0 Å². The van der Waals surface area contributed by atoms with Gasteiger partial charge in [0.05, 0.1) is 23.6 Å². The van der Waals surface area contributed by atoms with Gasteiger partial charge in [0.2, 0.25) is 0 Å². The average molecular weight is 532 g/mol. The summed E-state index contributed by atoms with van der Waals surface area (Å²) in [5.41, 5.74) is 12.5. The molecule has 0 radical (unpaired) electrons. The third kappa shape index (κ3) is 5.25. The fraction of sp³-hybridized carbons (Fsp3) is 0.321. The maximum Gasteiger partial charge on any atom is 0.151 e. The summed E-state index contributed by atoms with van der Waals surface area (Å²) >= 11 is 0. The van der Waals surface area contributed by atoms with Gasteiger partial charge in [0.1, 0.15) is 11.8 Å². The van der Waals surface area contributed by atoms with Crippen molar-refractivity contribution in [1.82, 2.24) is 29.3 Å². The second kappa shape index (κ2) is 10.4. The minimum absolute atomic E-state index is 0.461. The molecule has 4 N–H and O–H groups in total. The topological polar surface area (TPSA) is 118 Å². The highest BCUT2D eigenvalue weighted by molar-refractivity contribution is 8.24. The minimum Gasteiger partial charge on any atom is -0.382 e. The van der Waals surface area contributed by atoms with E-state index in [1.165, 1.54) is 11.9 Å². The van der Waals surface area contributed by atoms with Gasteiger partial charge in [0, 0.05) is 35.9 Å². The lowest BCUT2D eigenvalue weighted by atomic mass is 10.0. The first kappa shape index (κ1) is 24.9. The molecule has 1 aliphatic rings. The fourth-order valence-corrected chi connectivity index (χ4v) is 6.55. The number of nitrogens with two attached hydrogens (primary N) is 1. The summed E-state index contributed by atoms with van der Waals surface area (Å²) in [5, 5.41) is 10.5. The zero-order valence-electron chi connectivity index (χ0n) is 21.3. The SMILES string of the molecule is Nc1ncnn2c(CCCCN3CCS(O)(O)CC3)cc(-c3ccc4cn(Cc5ccccc5)nc4c3)c12. The van der Waals surface area contributed by atoms with Crippen molar-refractivity contribution >= 4 is 32.8 Å². The Morgan fingerprint density at radius 1 is 0.974 bits per heavy atom. The molecule has 6 rings (SSSR count). The van der Waals surface area contributed by atoms with Crippen molar-refractivity contribution in [2.24, 2.45) is 0 Å². The molecule has 0 bridgehead atoms. The van der Waals surface area contributed by atoms with Gasteiger partial charge in [-0.1, -0.05) is 42.5 Å². The van der Waals surface area contributed by atoms with Crippen LogP contribution in [-0.4, -0.2) is 69.5 Å². The molecule has 0 unspecified atom stereocenters. The van der Waals surface area contributed by atoms with Crippen LogP contribution in [0.25, 0.3) is 27.5 Å². The van der Waals surface area contributed by atoms with E-state index in [9.17, 15) is 9.11 Å². The zero-order valence-corrected chi connectivity index (χ0v) is 22.1. The molecule has 0 amide bonds. The van der Waals surface area contributed by atoms with Crippen LogP contribution in [-0.2, 0) is 13.0 Å². The van der Waals surface area contributed by atoms with Crippen LogP contribution in [0.3, 0.4) is 0 Å². The van der Waals surface area contributed by atoms with Gasteiger partial charge in [0.15, 0.2) is 5.82 Å². The van der Waals surface area contributed by atoms with Gasteiger partial charge in [-0.2, -0.15) is 20.8 Å². The number of aryl methyl sites for hydroxylation is 1.